The summed E-state index contributed by atoms with van der Waals surface area (Å²) in [6.45, 7) is 5.04. The van der Waals surface area contributed by atoms with Crippen LogP contribution in [0.15, 0.2) is 54.7 Å². The number of halogens is 1. The molecule has 0 bridgehead atoms. The summed E-state index contributed by atoms with van der Waals surface area (Å²) in [4.78, 5) is 15.8. The smallest absolute Gasteiger partial charge is 0.307 e. The van der Waals surface area contributed by atoms with E-state index in [4.69, 9.17) is 16.3 Å². The summed E-state index contributed by atoms with van der Waals surface area (Å²) in [5.74, 6) is 0.331. The fourth-order valence-corrected chi connectivity index (χ4v) is 6.48. The molecule has 2 aromatic carbocycles. The summed E-state index contributed by atoms with van der Waals surface area (Å²) in [5, 5.41) is 10.1. The van der Waals surface area contributed by atoms with Crippen molar-refractivity contribution >= 4 is 17.6 Å². The van der Waals surface area contributed by atoms with Crippen LogP contribution in [0.4, 0.5) is 0 Å². The van der Waals surface area contributed by atoms with Crippen LogP contribution in [0.1, 0.15) is 65.5 Å². The van der Waals surface area contributed by atoms with E-state index in [0.29, 0.717) is 12.5 Å². The third kappa shape index (κ3) is 3.34. The Balaban J connectivity index is 1.22. The van der Waals surface area contributed by atoms with Gasteiger partial charge in [0.25, 0.3) is 0 Å². The molecule has 1 saturated carbocycles. The van der Waals surface area contributed by atoms with E-state index in [1.54, 1.807) is 0 Å². The van der Waals surface area contributed by atoms with Gasteiger partial charge in [-0.1, -0.05) is 61.8 Å². The van der Waals surface area contributed by atoms with Crippen molar-refractivity contribution in [1.29, 1.82) is 0 Å². The van der Waals surface area contributed by atoms with Gasteiger partial charge in [-0.05, 0) is 63.6 Å². The first-order valence-electron chi connectivity index (χ1n) is 11.6. The topological polar surface area (TPSA) is 59.4 Å². The Morgan fingerprint density at radius 1 is 1.15 bits per heavy atom. The second kappa shape index (κ2) is 7.33. The van der Waals surface area contributed by atoms with E-state index in [0.717, 1.165) is 29.0 Å². The Kier molecular flexibility index (Phi) is 4.60. The molecule has 3 aliphatic rings. The maximum absolute atomic E-state index is 11.3. The highest BCUT2D eigenvalue weighted by atomic mass is 35.5. The predicted molar refractivity (Wildman–Crippen MR) is 127 cm³/mol. The van der Waals surface area contributed by atoms with E-state index >= 15 is 0 Å². The lowest BCUT2D eigenvalue weighted by atomic mass is 9.85. The zero-order valence-electron chi connectivity index (χ0n) is 18.7. The summed E-state index contributed by atoms with van der Waals surface area (Å²) >= 11 is 6.57. The minimum Gasteiger partial charge on any atom is -0.481 e. The third-order valence-corrected chi connectivity index (χ3v) is 8.21. The molecule has 1 aromatic heterocycles. The first kappa shape index (κ1) is 20.7. The largest absolute Gasteiger partial charge is 0.481 e. The van der Waals surface area contributed by atoms with Crippen molar-refractivity contribution in [1.82, 2.24) is 4.98 Å². The van der Waals surface area contributed by atoms with Crippen molar-refractivity contribution in [3.05, 3.63) is 93.1 Å². The number of hydrogen-bond donors (Lipinski definition) is 1. The van der Waals surface area contributed by atoms with Gasteiger partial charge in [-0.25, -0.2) is 4.98 Å². The number of fused-ring (bicyclic) bond motifs is 4. The number of aliphatic carboxylic acids is 1. The van der Waals surface area contributed by atoms with Crippen LogP contribution in [0.25, 0.3) is 0 Å². The van der Waals surface area contributed by atoms with Gasteiger partial charge in [0.15, 0.2) is 0 Å². The third-order valence-electron chi connectivity index (χ3n) is 7.87. The molecule has 0 spiro atoms. The first-order valence-corrected chi connectivity index (χ1v) is 11.9. The first-order chi connectivity index (χ1) is 15.8. The van der Waals surface area contributed by atoms with Crippen LogP contribution >= 0.6 is 11.6 Å². The van der Waals surface area contributed by atoms with Gasteiger partial charge in [0, 0.05) is 29.1 Å². The molecule has 6 rings (SSSR count). The zero-order valence-corrected chi connectivity index (χ0v) is 19.5. The summed E-state index contributed by atoms with van der Waals surface area (Å²) < 4.78 is 6.06. The SMILES string of the molecule is CC1(C)CC(c2ccccc2Cl)c2cc(COc3cc4c(cn3)C3C(C4)C3C(=O)O)ccc21. The Morgan fingerprint density at radius 2 is 1.97 bits per heavy atom. The quantitative estimate of drug-likeness (QED) is 0.501. The maximum Gasteiger partial charge on any atom is 0.307 e. The molecular formula is C28H26ClNO3. The molecule has 0 aliphatic heterocycles. The van der Waals surface area contributed by atoms with Gasteiger partial charge in [0.05, 0.1) is 5.92 Å². The summed E-state index contributed by atoms with van der Waals surface area (Å²) in [6.07, 6.45) is 3.66. The molecule has 5 heteroatoms. The lowest BCUT2D eigenvalue weighted by molar-refractivity contribution is -0.139. The predicted octanol–water partition coefficient (Wildman–Crippen LogP) is 6.10. The number of carboxylic acid groups (broad SMARTS) is 1. The summed E-state index contributed by atoms with van der Waals surface area (Å²) in [6, 6.07) is 16.8. The molecular weight excluding hydrogens is 434 g/mol. The highest BCUT2D eigenvalue weighted by molar-refractivity contribution is 6.31. The number of carbonyl (C=O) groups is 1. The minimum absolute atomic E-state index is 0.0920. The van der Waals surface area contributed by atoms with E-state index in [2.05, 4.69) is 49.2 Å². The van der Waals surface area contributed by atoms with Crippen LogP contribution in [0.3, 0.4) is 0 Å². The van der Waals surface area contributed by atoms with E-state index in [1.807, 2.05) is 24.4 Å². The number of hydrogen-bond acceptors (Lipinski definition) is 3. The Morgan fingerprint density at radius 3 is 2.76 bits per heavy atom. The van der Waals surface area contributed by atoms with Crippen LogP contribution in [0.5, 0.6) is 5.88 Å². The van der Waals surface area contributed by atoms with Crippen LogP contribution < -0.4 is 4.74 Å². The maximum atomic E-state index is 11.3. The second-order valence-electron chi connectivity index (χ2n) is 10.4. The lowest BCUT2D eigenvalue weighted by Gasteiger charge is -2.19. The Labute approximate surface area is 198 Å². The van der Waals surface area contributed by atoms with Crippen LogP contribution in [-0.4, -0.2) is 16.1 Å². The average molecular weight is 460 g/mol. The fraction of sp³-hybridized carbons (Fsp3) is 0.357. The zero-order chi connectivity index (χ0) is 22.9. The van der Waals surface area contributed by atoms with E-state index < -0.39 is 5.97 Å². The van der Waals surface area contributed by atoms with Gasteiger partial charge in [0.1, 0.15) is 6.61 Å². The monoisotopic (exact) mass is 459 g/mol. The standard InChI is InChI=1S/C28H26ClNO3/c1-28(2)12-20(17-5-3-4-6-23(17)29)18-9-15(7-8-22(18)28)14-33-24-11-16-10-19-25(21(16)13-30-24)26(19)27(31)32/h3-9,11,13,19-20,25-26H,10,12,14H2,1-2H3,(H,31,32). The molecule has 3 aliphatic carbocycles. The molecule has 4 atom stereocenters. The van der Waals surface area contributed by atoms with E-state index in [-0.39, 0.29) is 29.1 Å². The molecule has 3 aromatic rings. The number of benzene rings is 2. The average Bonchev–Trinajstić information content (AvgIpc) is 3.28. The number of aromatic nitrogens is 1. The van der Waals surface area contributed by atoms with Crippen molar-refractivity contribution in [2.24, 2.45) is 11.8 Å². The minimum atomic E-state index is -0.689. The highest BCUT2D eigenvalue weighted by Crippen LogP contribution is 2.61. The second-order valence-corrected chi connectivity index (χ2v) is 10.8. The van der Waals surface area contributed by atoms with Crippen molar-refractivity contribution in [3.63, 3.8) is 0 Å². The van der Waals surface area contributed by atoms with Crippen molar-refractivity contribution in [3.8, 4) is 5.88 Å². The van der Waals surface area contributed by atoms with Gasteiger partial charge in [-0.3, -0.25) is 4.79 Å². The molecule has 168 valence electrons. The van der Waals surface area contributed by atoms with E-state index in [1.165, 1.54) is 22.3 Å². The normalized spacial score (nSPS) is 25.8. The number of pyridine rings is 1. The summed E-state index contributed by atoms with van der Waals surface area (Å²) in [5.41, 5.74) is 7.36. The molecule has 33 heavy (non-hydrogen) atoms. The van der Waals surface area contributed by atoms with Crippen LogP contribution in [-0.2, 0) is 23.2 Å². The molecule has 1 N–H and O–H groups in total. The highest BCUT2D eigenvalue weighted by Gasteiger charge is 2.59. The molecule has 0 amide bonds. The Hall–Kier alpha value is -2.85. The van der Waals surface area contributed by atoms with Gasteiger partial charge < -0.3 is 9.84 Å². The molecule has 4 unspecified atom stereocenters. The van der Waals surface area contributed by atoms with Gasteiger partial charge >= 0.3 is 5.97 Å². The summed E-state index contributed by atoms with van der Waals surface area (Å²) in [7, 11) is 0. The van der Waals surface area contributed by atoms with Crippen LogP contribution in [0, 0.1) is 11.8 Å². The molecule has 0 saturated heterocycles. The van der Waals surface area contributed by atoms with Gasteiger partial charge in [-0.2, -0.15) is 0 Å². The number of ether oxygens (including phenoxy) is 1. The molecule has 1 fully saturated rings. The van der Waals surface area contributed by atoms with Crippen LogP contribution in [0.2, 0.25) is 5.02 Å². The lowest BCUT2D eigenvalue weighted by Crippen LogP contribution is -2.12. The number of carboxylic acids is 1. The molecule has 4 nitrogen and oxygen atoms in total. The fourth-order valence-electron chi connectivity index (χ4n) is 6.21. The van der Waals surface area contributed by atoms with Gasteiger partial charge in [-0.15, -0.1) is 0 Å². The van der Waals surface area contributed by atoms with Crippen molar-refractivity contribution < 1.29 is 14.6 Å². The van der Waals surface area contributed by atoms with Crippen molar-refractivity contribution in [2.75, 3.05) is 0 Å². The molecule has 0 radical (unpaired) electrons. The van der Waals surface area contributed by atoms with Crippen molar-refractivity contribution in [2.45, 2.75) is 50.5 Å². The number of nitrogens with zero attached hydrogens (tertiary/aromatic N) is 1. The number of rotatable bonds is 5. The Bertz CT molecular complexity index is 1280. The van der Waals surface area contributed by atoms with E-state index in [9.17, 15) is 9.90 Å². The molecule has 1 heterocycles. The van der Waals surface area contributed by atoms with Gasteiger partial charge in [0.2, 0.25) is 5.88 Å².